The molecule has 0 aliphatic heterocycles. The molecule has 0 bridgehead atoms. The van der Waals surface area contributed by atoms with Crippen LogP contribution in [0, 0.1) is 0 Å². The van der Waals surface area contributed by atoms with Gasteiger partial charge in [0, 0.05) is 0 Å². The first-order valence-electron chi connectivity index (χ1n) is 0.548. The summed E-state index contributed by atoms with van der Waals surface area (Å²) in [6, 6.07) is 0. The molecule has 0 saturated heterocycles. The monoisotopic (exact) mass is 206 g/mol. The van der Waals surface area contributed by atoms with Gasteiger partial charge in [-0.1, -0.05) is 0 Å². The van der Waals surface area contributed by atoms with Crippen LogP contribution in [0.5, 0.6) is 0 Å². The van der Waals surface area contributed by atoms with Crippen LogP contribution in [0.2, 0.25) is 0 Å². The van der Waals surface area contributed by atoms with E-state index in [1.165, 1.54) is 0 Å². The van der Waals surface area contributed by atoms with Crippen LogP contribution in [-0.2, 0) is 36.5 Å². The standard InChI is InChI=1S/Cu.O3P.Zn/c;1-4(2)3;/q+1;-3;+2. The predicted octanol–water partition coefficient (Wildman–Crippen LogP) is -2.71. The molecule has 0 aliphatic rings. The Balaban J connectivity index is -0.0000000450. The number of rotatable bonds is 0. The summed E-state index contributed by atoms with van der Waals surface area (Å²) in [5.74, 6) is 0. The van der Waals surface area contributed by atoms with Gasteiger partial charge in [0.05, 0.1) is 0 Å². The van der Waals surface area contributed by atoms with Crippen LogP contribution in [0.4, 0.5) is 0 Å². The minimum atomic E-state index is -3.37. The van der Waals surface area contributed by atoms with Gasteiger partial charge in [-0.15, -0.1) is 0 Å². The second kappa shape index (κ2) is 9.68. The van der Waals surface area contributed by atoms with Crippen molar-refractivity contribution in [2.45, 2.75) is 0 Å². The van der Waals surface area contributed by atoms with Gasteiger partial charge in [-0.05, 0) is 0 Å². The van der Waals surface area contributed by atoms with Crippen LogP contribution >= 0.6 is 8.60 Å². The third kappa shape index (κ3) is 51.2. The fraction of sp³-hybridized carbons (Fsp3) is 0. The van der Waals surface area contributed by atoms with Gasteiger partial charge in [-0.2, -0.15) is 0 Å². The first kappa shape index (κ1) is 15.7. The van der Waals surface area contributed by atoms with E-state index in [0.717, 1.165) is 0 Å². The molecule has 0 saturated carbocycles. The van der Waals surface area contributed by atoms with Gasteiger partial charge in [-0.25, -0.2) is 0 Å². The molecule has 0 aromatic rings. The SMILES string of the molecule is [Cu+].[O-]P([O-])[O-].[Zn+2]. The van der Waals surface area contributed by atoms with Crippen molar-refractivity contribution in [2.75, 3.05) is 0 Å². The zero-order valence-corrected chi connectivity index (χ0v) is 7.48. The van der Waals surface area contributed by atoms with Gasteiger partial charge in [-0.3, -0.25) is 0 Å². The van der Waals surface area contributed by atoms with Crippen molar-refractivity contribution >= 4 is 8.60 Å². The quantitative estimate of drug-likeness (QED) is 0.321. The summed E-state index contributed by atoms with van der Waals surface area (Å²) in [5, 5.41) is 0. The third-order valence-corrected chi connectivity index (χ3v) is 0. The van der Waals surface area contributed by atoms with E-state index in [4.69, 9.17) is 14.7 Å². The first-order chi connectivity index (χ1) is 1.73. The molecule has 0 radical (unpaired) electrons. The van der Waals surface area contributed by atoms with E-state index in [2.05, 4.69) is 0 Å². The molecule has 0 unspecified atom stereocenters. The summed E-state index contributed by atoms with van der Waals surface area (Å²) < 4.78 is 0. The Labute approximate surface area is 60.0 Å². The molecule has 0 aromatic heterocycles. The van der Waals surface area contributed by atoms with Gasteiger partial charge in [0.2, 0.25) is 0 Å². The molecule has 36 valence electrons. The Morgan fingerprint density at radius 1 is 1.00 bits per heavy atom. The largest absolute Gasteiger partial charge is 2.00 e. The first-order valence-corrected chi connectivity index (χ1v) is 1.64. The maximum Gasteiger partial charge on any atom is 2.00 e. The average molecular weight is 208 g/mol. The van der Waals surface area contributed by atoms with E-state index in [1.807, 2.05) is 0 Å². The van der Waals surface area contributed by atoms with E-state index < -0.39 is 8.60 Å². The zero-order valence-electron chi connectivity index (χ0n) is 2.68. The second-order valence-electron chi connectivity index (χ2n) is 0.224. The van der Waals surface area contributed by atoms with E-state index in [0.29, 0.717) is 0 Å². The Bertz CT molecular complexity index is 15.5. The van der Waals surface area contributed by atoms with Crippen molar-refractivity contribution in [1.29, 1.82) is 0 Å². The summed E-state index contributed by atoms with van der Waals surface area (Å²) in [5.41, 5.74) is 0. The average Bonchev–Trinajstić information content (AvgIpc) is 0.811. The van der Waals surface area contributed by atoms with E-state index in [1.54, 1.807) is 0 Å². The maximum atomic E-state index is 8.48. The molecule has 0 N–H and O–H groups in total. The molecule has 0 aliphatic carbocycles. The van der Waals surface area contributed by atoms with E-state index in [9.17, 15) is 0 Å². The van der Waals surface area contributed by atoms with Crippen molar-refractivity contribution in [3.63, 3.8) is 0 Å². The Kier molecular flexibility index (Phi) is 25.2. The van der Waals surface area contributed by atoms with Crippen LogP contribution in [0.3, 0.4) is 0 Å². The summed E-state index contributed by atoms with van der Waals surface area (Å²) >= 11 is 0. The molecule has 3 nitrogen and oxygen atoms in total. The molecule has 0 rings (SSSR count). The Morgan fingerprint density at radius 3 is 1.00 bits per heavy atom. The van der Waals surface area contributed by atoms with Gasteiger partial charge in [0.15, 0.2) is 0 Å². The normalized spacial score (nSPS) is 6.00. The van der Waals surface area contributed by atoms with Crippen LogP contribution in [0.1, 0.15) is 0 Å². The second-order valence-corrected chi connectivity index (χ2v) is 0.671. The fourth-order valence-electron chi connectivity index (χ4n) is 0. The van der Waals surface area contributed by atoms with Crippen LogP contribution in [0.15, 0.2) is 0 Å². The summed E-state index contributed by atoms with van der Waals surface area (Å²) in [4.78, 5) is 25.4. The van der Waals surface area contributed by atoms with E-state index in [-0.39, 0.29) is 36.5 Å². The minimum absolute atomic E-state index is 0. The molecule has 0 heterocycles. The van der Waals surface area contributed by atoms with E-state index >= 15 is 0 Å². The topological polar surface area (TPSA) is 69.2 Å². The van der Waals surface area contributed by atoms with Crippen molar-refractivity contribution in [1.82, 2.24) is 0 Å². The fourth-order valence-corrected chi connectivity index (χ4v) is 0. The van der Waals surface area contributed by atoms with Gasteiger partial charge >= 0.3 is 36.5 Å². The minimum Gasteiger partial charge on any atom is -0.854 e. The van der Waals surface area contributed by atoms with Crippen molar-refractivity contribution in [3.05, 3.63) is 0 Å². The molecule has 0 fully saturated rings. The summed E-state index contributed by atoms with van der Waals surface area (Å²) in [7, 11) is -3.37. The van der Waals surface area contributed by atoms with Gasteiger partial charge in [0.1, 0.15) is 0 Å². The number of hydrogen-bond acceptors (Lipinski definition) is 3. The summed E-state index contributed by atoms with van der Waals surface area (Å²) in [6.07, 6.45) is 0. The van der Waals surface area contributed by atoms with Crippen LogP contribution in [0.25, 0.3) is 0 Å². The number of hydrogen-bond donors (Lipinski definition) is 0. The molecule has 0 atom stereocenters. The zero-order chi connectivity index (χ0) is 3.58. The maximum absolute atomic E-state index is 8.48. The van der Waals surface area contributed by atoms with Crippen molar-refractivity contribution < 1.29 is 51.2 Å². The molecule has 6 heavy (non-hydrogen) atoms. The molecule has 0 aromatic carbocycles. The Morgan fingerprint density at radius 2 is 1.00 bits per heavy atom. The van der Waals surface area contributed by atoms with Gasteiger partial charge in [0.25, 0.3) is 0 Å². The van der Waals surface area contributed by atoms with Crippen LogP contribution in [-0.4, -0.2) is 0 Å². The molecule has 0 amide bonds. The Hall–Kier alpha value is 1.45. The molecule has 0 spiro atoms. The van der Waals surface area contributed by atoms with Crippen LogP contribution < -0.4 is 14.7 Å². The van der Waals surface area contributed by atoms with Crippen molar-refractivity contribution in [3.8, 4) is 0 Å². The third-order valence-electron chi connectivity index (χ3n) is 0. The van der Waals surface area contributed by atoms with Crippen molar-refractivity contribution in [2.24, 2.45) is 0 Å². The summed E-state index contributed by atoms with van der Waals surface area (Å²) in [6.45, 7) is 0. The predicted molar refractivity (Wildman–Crippen MR) is 6.92 cm³/mol. The van der Waals surface area contributed by atoms with Gasteiger partial charge < -0.3 is 23.3 Å². The smallest absolute Gasteiger partial charge is 0.854 e. The molecular weight excluding hydrogens is 208 g/mol. The molecule has 6 heteroatoms. The molecular formula is CuO3PZn.